The van der Waals surface area contributed by atoms with Gasteiger partial charge in [0.05, 0.1) is 11.8 Å². The Labute approximate surface area is 149 Å². The van der Waals surface area contributed by atoms with Crippen LogP contribution in [0.15, 0.2) is 24.3 Å². The fourth-order valence-electron chi connectivity index (χ4n) is 3.63. The summed E-state index contributed by atoms with van der Waals surface area (Å²) in [5.74, 6) is 0.455. The van der Waals surface area contributed by atoms with E-state index in [0.29, 0.717) is 5.92 Å². The molecule has 0 spiro atoms. The molecule has 1 saturated heterocycles. The highest BCUT2D eigenvalue weighted by molar-refractivity contribution is 6.31. The van der Waals surface area contributed by atoms with Crippen LogP contribution >= 0.6 is 11.6 Å². The summed E-state index contributed by atoms with van der Waals surface area (Å²) in [6.07, 6.45) is 1.20. The monoisotopic (exact) mass is 347 g/mol. The molecule has 1 fully saturated rings. The molecule has 0 unspecified atom stereocenters. The van der Waals surface area contributed by atoms with Crippen molar-refractivity contribution in [2.75, 3.05) is 13.2 Å². The molecule has 1 aromatic heterocycles. The van der Waals surface area contributed by atoms with E-state index in [2.05, 4.69) is 37.3 Å². The number of rotatable bonds is 5. The smallest absolute Gasteiger partial charge is 0.0901 e. The summed E-state index contributed by atoms with van der Waals surface area (Å²) in [4.78, 5) is 0. The van der Waals surface area contributed by atoms with Crippen molar-refractivity contribution >= 4 is 11.6 Å². The van der Waals surface area contributed by atoms with E-state index in [0.717, 1.165) is 35.9 Å². The summed E-state index contributed by atoms with van der Waals surface area (Å²) in [7, 11) is 1.99. The fraction of sp³-hybridized carbons (Fsp3) is 0.526. The highest BCUT2D eigenvalue weighted by atomic mass is 35.5. The van der Waals surface area contributed by atoms with Crippen molar-refractivity contribution in [3.8, 4) is 0 Å². The van der Waals surface area contributed by atoms with Crippen molar-refractivity contribution in [3.05, 3.63) is 51.8 Å². The van der Waals surface area contributed by atoms with Crippen LogP contribution in [0.2, 0.25) is 5.02 Å². The number of nitrogens with one attached hydrogen (secondary N) is 1. The maximum Gasteiger partial charge on any atom is 0.0901 e. The Morgan fingerprint density at radius 3 is 2.79 bits per heavy atom. The second-order valence-corrected chi connectivity index (χ2v) is 7.11. The van der Waals surface area contributed by atoms with E-state index < -0.39 is 0 Å². The van der Waals surface area contributed by atoms with Crippen LogP contribution in [-0.2, 0) is 11.8 Å². The third-order valence-electron chi connectivity index (χ3n) is 5.12. The van der Waals surface area contributed by atoms with Crippen LogP contribution in [0.3, 0.4) is 0 Å². The van der Waals surface area contributed by atoms with E-state index >= 15 is 0 Å². The van der Waals surface area contributed by atoms with Crippen molar-refractivity contribution < 1.29 is 4.74 Å². The van der Waals surface area contributed by atoms with Crippen LogP contribution < -0.4 is 5.32 Å². The topological polar surface area (TPSA) is 39.1 Å². The van der Waals surface area contributed by atoms with Crippen LogP contribution in [0.25, 0.3) is 0 Å². The van der Waals surface area contributed by atoms with Gasteiger partial charge in [-0.1, -0.05) is 29.8 Å². The zero-order chi connectivity index (χ0) is 17.3. The minimum atomic E-state index is 0.129. The first-order valence-corrected chi connectivity index (χ1v) is 8.96. The minimum Gasteiger partial charge on any atom is -0.373 e. The second-order valence-electron chi connectivity index (χ2n) is 6.70. The molecule has 1 aliphatic heterocycles. The van der Waals surface area contributed by atoms with Gasteiger partial charge >= 0.3 is 0 Å². The van der Waals surface area contributed by atoms with E-state index in [9.17, 15) is 0 Å². The zero-order valence-corrected chi connectivity index (χ0v) is 15.6. The SMILES string of the molecule is Cc1nn(C)c(C)c1[C@@H]1OCC[C@@H]1CN[C@H](C)c1ccccc1Cl. The minimum absolute atomic E-state index is 0.129. The van der Waals surface area contributed by atoms with Crippen molar-refractivity contribution in [3.63, 3.8) is 0 Å². The van der Waals surface area contributed by atoms with E-state index in [1.165, 1.54) is 11.3 Å². The number of aryl methyl sites for hydroxylation is 2. The molecular formula is C19H26ClN3O. The Morgan fingerprint density at radius 2 is 2.12 bits per heavy atom. The molecule has 130 valence electrons. The molecule has 4 nitrogen and oxygen atoms in total. The molecule has 2 aromatic rings. The van der Waals surface area contributed by atoms with Gasteiger partial charge in [-0.15, -0.1) is 0 Å². The van der Waals surface area contributed by atoms with E-state index in [1.54, 1.807) is 0 Å². The lowest BCUT2D eigenvalue weighted by atomic mass is 9.93. The molecule has 1 aromatic carbocycles. The van der Waals surface area contributed by atoms with Gasteiger partial charge in [-0.3, -0.25) is 4.68 Å². The van der Waals surface area contributed by atoms with E-state index in [4.69, 9.17) is 16.3 Å². The summed E-state index contributed by atoms with van der Waals surface area (Å²) < 4.78 is 8.02. The number of ether oxygens (including phenoxy) is 1. The van der Waals surface area contributed by atoms with E-state index in [-0.39, 0.29) is 12.1 Å². The van der Waals surface area contributed by atoms with Gasteiger partial charge in [0.1, 0.15) is 0 Å². The predicted molar refractivity (Wildman–Crippen MR) is 97.4 cm³/mol. The lowest BCUT2D eigenvalue weighted by molar-refractivity contribution is 0.0888. The van der Waals surface area contributed by atoms with Crippen LogP contribution in [0.4, 0.5) is 0 Å². The molecule has 1 N–H and O–H groups in total. The molecule has 24 heavy (non-hydrogen) atoms. The van der Waals surface area contributed by atoms with Crippen molar-refractivity contribution in [1.29, 1.82) is 0 Å². The number of hydrogen-bond acceptors (Lipinski definition) is 3. The molecular weight excluding hydrogens is 322 g/mol. The lowest BCUT2D eigenvalue weighted by Gasteiger charge is -2.23. The zero-order valence-electron chi connectivity index (χ0n) is 14.8. The van der Waals surface area contributed by atoms with E-state index in [1.807, 2.05) is 29.9 Å². The predicted octanol–water partition coefficient (Wildman–Crippen LogP) is 4.12. The van der Waals surface area contributed by atoms with Crippen molar-refractivity contribution in [1.82, 2.24) is 15.1 Å². The number of aromatic nitrogens is 2. The standard InChI is InChI=1S/C19H26ClN3O/c1-12(16-7-5-6-8-17(16)20)21-11-15-9-10-24-19(15)18-13(2)22-23(4)14(18)3/h5-8,12,15,19,21H,9-11H2,1-4H3/t12-,15-,19-/m1/s1. The second kappa shape index (κ2) is 7.26. The summed E-state index contributed by atoms with van der Waals surface area (Å²) in [5, 5.41) is 8.99. The van der Waals surface area contributed by atoms with Crippen LogP contribution in [-0.4, -0.2) is 22.9 Å². The molecule has 3 rings (SSSR count). The average Bonchev–Trinajstić information content (AvgIpc) is 3.10. The number of hydrogen-bond donors (Lipinski definition) is 1. The Bertz CT molecular complexity index is 713. The molecule has 5 heteroatoms. The van der Waals surface area contributed by atoms with Gasteiger partial charge in [-0.25, -0.2) is 0 Å². The maximum atomic E-state index is 6.31. The lowest BCUT2D eigenvalue weighted by Crippen LogP contribution is -2.28. The van der Waals surface area contributed by atoms with Crippen molar-refractivity contribution in [2.24, 2.45) is 13.0 Å². The average molecular weight is 348 g/mol. The first kappa shape index (κ1) is 17.5. The third-order valence-corrected chi connectivity index (χ3v) is 5.47. The summed E-state index contributed by atoms with van der Waals surface area (Å²) in [6, 6.07) is 8.24. The third kappa shape index (κ3) is 3.37. The van der Waals surface area contributed by atoms with Crippen molar-refractivity contribution in [2.45, 2.75) is 39.3 Å². The molecule has 0 radical (unpaired) electrons. The Balaban J connectivity index is 1.70. The van der Waals surface area contributed by atoms with Gasteiger partial charge in [0, 0.05) is 48.4 Å². The molecule has 0 saturated carbocycles. The molecule has 3 atom stereocenters. The Morgan fingerprint density at radius 1 is 1.38 bits per heavy atom. The highest BCUT2D eigenvalue weighted by Crippen LogP contribution is 2.37. The van der Waals surface area contributed by atoms with Crippen LogP contribution in [0.5, 0.6) is 0 Å². The summed E-state index contributed by atoms with van der Waals surface area (Å²) >= 11 is 6.31. The largest absolute Gasteiger partial charge is 0.373 e. The number of halogens is 1. The maximum absolute atomic E-state index is 6.31. The quantitative estimate of drug-likeness (QED) is 0.884. The molecule has 1 aliphatic rings. The number of benzene rings is 1. The van der Waals surface area contributed by atoms with Crippen LogP contribution in [0.1, 0.15) is 48.0 Å². The molecule has 0 aliphatic carbocycles. The van der Waals surface area contributed by atoms with Gasteiger partial charge in [-0.2, -0.15) is 5.10 Å². The number of nitrogens with zero attached hydrogens (tertiary/aromatic N) is 2. The fourth-order valence-corrected chi connectivity index (χ4v) is 3.93. The van der Waals surface area contributed by atoms with Gasteiger partial charge < -0.3 is 10.1 Å². The van der Waals surface area contributed by atoms with Gasteiger partial charge in [-0.05, 0) is 38.8 Å². The first-order valence-electron chi connectivity index (χ1n) is 8.58. The summed E-state index contributed by atoms with van der Waals surface area (Å²) in [5.41, 5.74) is 4.67. The normalized spacial score (nSPS) is 22.0. The summed E-state index contributed by atoms with van der Waals surface area (Å²) in [6.45, 7) is 8.07. The molecule has 2 heterocycles. The highest BCUT2D eigenvalue weighted by Gasteiger charge is 2.33. The molecule has 0 amide bonds. The Hall–Kier alpha value is -1.36. The molecule has 0 bridgehead atoms. The first-order chi connectivity index (χ1) is 11.5. The Kier molecular flexibility index (Phi) is 5.28. The van der Waals surface area contributed by atoms with Crippen LogP contribution in [0, 0.1) is 19.8 Å². The van der Waals surface area contributed by atoms with Gasteiger partial charge in [0.25, 0.3) is 0 Å². The van der Waals surface area contributed by atoms with Gasteiger partial charge in [0.15, 0.2) is 0 Å². The van der Waals surface area contributed by atoms with Gasteiger partial charge in [0.2, 0.25) is 0 Å².